The van der Waals surface area contributed by atoms with Crippen molar-refractivity contribution in [2.45, 2.75) is 39.2 Å². The summed E-state index contributed by atoms with van der Waals surface area (Å²) in [6.07, 6.45) is 3.54. The largest absolute Gasteiger partial charge is 0.324 e. The van der Waals surface area contributed by atoms with E-state index in [0.717, 1.165) is 6.42 Å². The molecule has 1 aromatic carbocycles. The van der Waals surface area contributed by atoms with E-state index in [2.05, 4.69) is 38.1 Å². The quantitative estimate of drug-likeness (QED) is 0.751. The van der Waals surface area contributed by atoms with Gasteiger partial charge in [-0.05, 0) is 18.9 Å². The van der Waals surface area contributed by atoms with E-state index in [1.165, 1.54) is 24.0 Å². The topological polar surface area (TPSA) is 26.0 Å². The first kappa shape index (κ1) is 10.3. The summed E-state index contributed by atoms with van der Waals surface area (Å²) in [4.78, 5) is 0. The minimum atomic E-state index is 0.223. The third kappa shape index (κ3) is 3.19. The van der Waals surface area contributed by atoms with Crippen LogP contribution in [0.1, 0.15) is 43.4 Å². The molecule has 1 nitrogen and oxygen atoms in total. The highest BCUT2D eigenvalue weighted by Gasteiger charge is 2.03. The van der Waals surface area contributed by atoms with E-state index in [1.54, 1.807) is 0 Å². The molecule has 0 saturated carbocycles. The molecule has 0 amide bonds. The molecule has 0 spiro atoms. The van der Waals surface area contributed by atoms with Gasteiger partial charge in [0.2, 0.25) is 0 Å². The fourth-order valence-electron chi connectivity index (χ4n) is 1.40. The zero-order chi connectivity index (χ0) is 9.68. The molecule has 1 unspecified atom stereocenters. The van der Waals surface area contributed by atoms with Gasteiger partial charge in [0.25, 0.3) is 0 Å². The molecule has 0 aromatic heterocycles. The van der Waals surface area contributed by atoms with E-state index in [1.807, 2.05) is 0 Å². The Hall–Kier alpha value is -0.820. The second-order valence-corrected chi connectivity index (χ2v) is 3.66. The molecule has 13 heavy (non-hydrogen) atoms. The molecule has 0 aliphatic carbocycles. The normalized spacial score (nSPS) is 12.8. The molecule has 0 heterocycles. The van der Waals surface area contributed by atoms with E-state index in [-0.39, 0.29) is 6.04 Å². The monoisotopic (exact) mass is 177 g/mol. The first-order valence-electron chi connectivity index (χ1n) is 5.06. The highest BCUT2D eigenvalue weighted by atomic mass is 14.6. The molecule has 1 rings (SSSR count). The molecule has 0 saturated heterocycles. The van der Waals surface area contributed by atoms with Crippen molar-refractivity contribution in [1.82, 2.24) is 0 Å². The Bertz CT molecular complexity index is 238. The van der Waals surface area contributed by atoms with Gasteiger partial charge in [-0.3, -0.25) is 0 Å². The van der Waals surface area contributed by atoms with Crippen LogP contribution in [0.25, 0.3) is 0 Å². The number of hydrogen-bond acceptors (Lipinski definition) is 1. The molecule has 1 atom stereocenters. The lowest BCUT2D eigenvalue weighted by Crippen LogP contribution is -2.09. The van der Waals surface area contributed by atoms with Gasteiger partial charge in [0, 0.05) is 6.04 Å². The lowest BCUT2D eigenvalue weighted by atomic mass is 10.0. The molecule has 1 aromatic rings. The molecular formula is C12H19N. The van der Waals surface area contributed by atoms with Crippen LogP contribution < -0.4 is 5.73 Å². The Morgan fingerprint density at radius 3 is 2.38 bits per heavy atom. The highest BCUT2D eigenvalue weighted by molar-refractivity contribution is 5.23. The molecule has 72 valence electrons. The van der Waals surface area contributed by atoms with Crippen molar-refractivity contribution in [1.29, 1.82) is 0 Å². The molecule has 0 fully saturated rings. The second-order valence-electron chi connectivity index (χ2n) is 3.66. The zero-order valence-corrected chi connectivity index (χ0v) is 8.59. The average Bonchev–Trinajstić information content (AvgIpc) is 2.15. The Kier molecular flexibility index (Phi) is 3.97. The van der Waals surface area contributed by atoms with Crippen LogP contribution >= 0.6 is 0 Å². The fourth-order valence-corrected chi connectivity index (χ4v) is 1.40. The predicted molar refractivity (Wildman–Crippen MR) is 57.6 cm³/mol. The fraction of sp³-hybridized carbons (Fsp3) is 0.500. The van der Waals surface area contributed by atoms with Crippen molar-refractivity contribution >= 4 is 0 Å². The summed E-state index contributed by atoms with van der Waals surface area (Å²) in [5, 5.41) is 0. The maximum atomic E-state index is 6.03. The van der Waals surface area contributed by atoms with Gasteiger partial charge in [-0.15, -0.1) is 0 Å². The molecule has 2 N–H and O–H groups in total. The van der Waals surface area contributed by atoms with Crippen LogP contribution in [0.4, 0.5) is 0 Å². The van der Waals surface area contributed by atoms with Gasteiger partial charge in [-0.25, -0.2) is 0 Å². The van der Waals surface area contributed by atoms with Gasteiger partial charge in [0.15, 0.2) is 0 Å². The maximum absolute atomic E-state index is 6.03. The van der Waals surface area contributed by atoms with E-state index in [4.69, 9.17) is 5.73 Å². The van der Waals surface area contributed by atoms with Crippen molar-refractivity contribution in [2.75, 3.05) is 0 Å². The highest BCUT2D eigenvalue weighted by Crippen LogP contribution is 2.16. The van der Waals surface area contributed by atoms with Crippen LogP contribution in [-0.2, 0) is 0 Å². The van der Waals surface area contributed by atoms with Crippen LogP contribution in [0.5, 0.6) is 0 Å². The summed E-state index contributed by atoms with van der Waals surface area (Å²) in [6.45, 7) is 4.29. The third-order valence-electron chi connectivity index (χ3n) is 2.37. The van der Waals surface area contributed by atoms with Crippen LogP contribution in [0.2, 0.25) is 0 Å². The third-order valence-corrected chi connectivity index (χ3v) is 2.37. The standard InChI is InChI=1S/C12H19N/c1-3-4-5-12(13)11-8-6-10(2)7-9-11/h6-9,12H,3-5,13H2,1-2H3. The van der Waals surface area contributed by atoms with Crippen molar-refractivity contribution in [3.05, 3.63) is 35.4 Å². The van der Waals surface area contributed by atoms with Crippen molar-refractivity contribution in [2.24, 2.45) is 5.73 Å². The number of unbranched alkanes of at least 4 members (excludes halogenated alkanes) is 1. The van der Waals surface area contributed by atoms with Crippen LogP contribution in [-0.4, -0.2) is 0 Å². The van der Waals surface area contributed by atoms with Gasteiger partial charge in [0.1, 0.15) is 0 Å². The van der Waals surface area contributed by atoms with Gasteiger partial charge < -0.3 is 5.73 Å². The first-order chi connectivity index (χ1) is 6.24. The molecular weight excluding hydrogens is 158 g/mol. The summed E-state index contributed by atoms with van der Waals surface area (Å²) in [7, 11) is 0. The predicted octanol–water partition coefficient (Wildman–Crippen LogP) is 3.19. The minimum Gasteiger partial charge on any atom is -0.324 e. The number of rotatable bonds is 4. The van der Waals surface area contributed by atoms with Gasteiger partial charge in [-0.1, -0.05) is 49.6 Å². The molecule has 0 bridgehead atoms. The lowest BCUT2D eigenvalue weighted by molar-refractivity contribution is 0.603. The number of benzene rings is 1. The Labute approximate surface area is 81.0 Å². The summed E-state index contributed by atoms with van der Waals surface area (Å²) in [6, 6.07) is 8.74. The molecule has 1 heteroatoms. The Balaban J connectivity index is 2.55. The van der Waals surface area contributed by atoms with Crippen LogP contribution in [0.15, 0.2) is 24.3 Å². The van der Waals surface area contributed by atoms with Gasteiger partial charge >= 0.3 is 0 Å². The SMILES string of the molecule is CCCCC(N)c1ccc(C)cc1. The van der Waals surface area contributed by atoms with Crippen molar-refractivity contribution < 1.29 is 0 Å². The van der Waals surface area contributed by atoms with E-state index in [9.17, 15) is 0 Å². The molecule has 0 radical (unpaired) electrons. The number of nitrogens with two attached hydrogens (primary N) is 1. The lowest BCUT2D eigenvalue weighted by Gasteiger charge is -2.11. The van der Waals surface area contributed by atoms with E-state index >= 15 is 0 Å². The average molecular weight is 177 g/mol. The molecule has 0 aliphatic rings. The van der Waals surface area contributed by atoms with Crippen molar-refractivity contribution in [3.63, 3.8) is 0 Å². The number of aryl methyl sites for hydroxylation is 1. The maximum Gasteiger partial charge on any atom is 0.0294 e. The zero-order valence-electron chi connectivity index (χ0n) is 8.59. The Morgan fingerprint density at radius 2 is 1.85 bits per heavy atom. The summed E-state index contributed by atoms with van der Waals surface area (Å²) >= 11 is 0. The van der Waals surface area contributed by atoms with E-state index < -0.39 is 0 Å². The van der Waals surface area contributed by atoms with Gasteiger partial charge in [-0.2, -0.15) is 0 Å². The molecule has 0 aliphatic heterocycles. The van der Waals surface area contributed by atoms with Gasteiger partial charge in [0.05, 0.1) is 0 Å². The summed E-state index contributed by atoms with van der Waals surface area (Å²) < 4.78 is 0. The number of hydrogen-bond donors (Lipinski definition) is 1. The minimum absolute atomic E-state index is 0.223. The second kappa shape index (κ2) is 5.03. The van der Waals surface area contributed by atoms with Crippen molar-refractivity contribution in [3.8, 4) is 0 Å². The smallest absolute Gasteiger partial charge is 0.0294 e. The first-order valence-corrected chi connectivity index (χ1v) is 5.06. The summed E-state index contributed by atoms with van der Waals surface area (Å²) in [5.74, 6) is 0. The van der Waals surface area contributed by atoms with E-state index in [0.29, 0.717) is 0 Å². The van der Waals surface area contributed by atoms with Crippen LogP contribution in [0, 0.1) is 6.92 Å². The summed E-state index contributed by atoms with van der Waals surface area (Å²) in [5.41, 5.74) is 8.59. The Morgan fingerprint density at radius 1 is 1.23 bits per heavy atom. The van der Waals surface area contributed by atoms with Crippen LogP contribution in [0.3, 0.4) is 0 Å².